The van der Waals surface area contributed by atoms with Crippen molar-refractivity contribution in [3.8, 4) is 22.8 Å². The summed E-state index contributed by atoms with van der Waals surface area (Å²) in [6.07, 6.45) is 8.04. The minimum absolute atomic E-state index is 0.0420. The van der Waals surface area contributed by atoms with Crippen LogP contribution in [0.2, 0.25) is 5.02 Å². The number of rotatable bonds is 9. The quantitative estimate of drug-likeness (QED) is 0.212. The summed E-state index contributed by atoms with van der Waals surface area (Å²) < 4.78 is 28.4. The molecule has 1 amide bonds. The van der Waals surface area contributed by atoms with Crippen LogP contribution in [0.4, 0.5) is 5.69 Å². The number of carbonyl (C=O) groups excluding carboxylic acids is 1. The Bertz CT molecular complexity index is 1800. The van der Waals surface area contributed by atoms with Gasteiger partial charge in [-0.2, -0.15) is 0 Å². The number of amides is 1. The zero-order valence-corrected chi connectivity index (χ0v) is 24.2. The number of halogens is 1. The van der Waals surface area contributed by atoms with Crippen molar-refractivity contribution in [1.29, 1.82) is 0 Å². The monoisotopic (exact) mass is 601 g/mol. The van der Waals surface area contributed by atoms with Gasteiger partial charge in [-0.1, -0.05) is 72.3 Å². The number of benzene rings is 3. The molecule has 1 heterocycles. The van der Waals surface area contributed by atoms with Crippen molar-refractivity contribution in [3.63, 3.8) is 0 Å². The van der Waals surface area contributed by atoms with Crippen LogP contribution < -0.4 is 9.62 Å². The van der Waals surface area contributed by atoms with Gasteiger partial charge in [0.25, 0.3) is 5.91 Å². The number of allylic oxidation sites excluding steroid dienone is 2. The number of sulfonamides is 1. The Morgan fingerprint density at radius 1 is 1.02 bits per heavy atom. The van der Waals surface area contributed by atoms with Crippen LogP contribution in [-0.4, -0.2) is 36.1 Å². The lowest BCUT2D eigenvalue weighted by atomic mass is 10.1. The largest absolute Gasteiger partial charge is 0.507 e. The van der Waals surface area contributed by atoms with Gasteiger partial charge in [0.05, 0.1) is 22.8 Å². The highest BCUT2D eigenvalue weighted by atomic mass is 35.5. The van der Waals surface area contributed by atoms with E-state index >= 15 is 0 Å². The van der Waals surface area contributed by atoms with E-state index in [9.17, 15) is 23.4 Å². The van der Waals surface area contributed by atoms with Crippen molar-refractivity contribution >= 4 is 33.2 Å². The highest BCUT2D eigenvalue weighted by Gasteiger charge is 2.24. The maximum atomic E-state index is 13.6. The molecular formula is C32H28ClN3O5S. The molecule has 3 aromatic carbocycles. The van der Waals surface area contributed by atoms with Gasteiger partial charge in [0.1, 0.15) is 16.4 Å². The maximum Gasteiger partial charge on any atom is 0.262 e. The number of carbonyl (C=O) groups is 1. The Morgan fingerprint density at radius 2 is 1.76 bits per heavy atom. The first kappa shape index (κ1) is 29.1. The van der Waals surface area contributed by atoms with Gasteiger partial charge in [-0.15, -0.1) is 0 Å². The molecule has 1 aliphatic carbocycles. The number of phenols is 2. The minimum atomic E-state index is -3.77. The third kappa shape index (κ3) is 6.38. The predicted octanol–water partition coefficient (Wildman–Crippen LogP) is 6.13. The number of anilines is 1. The van der Waals surface area contributed by atoms with Crippen LogP contribution in [0.5, 0.6) is 11.5 Å². The van der Waals surface area contributed by atoms with Crippen LogP contribution in [-0.2, 0) is 16.6 Å². The van der Waals surface area contributed by atoms with Crippen molar-refractivity contribution in [3.05, 3.63) is 125 Å². The molecular weight excluding hydrogens is 574 g/mol. The molecule has 0 atom stereocenters. The van der Waals surface area contributed by atoms with E-state index in [0.29, 0.717) is 16.9 Å². The Labute approximate surface area is 249 Å². The fourth-order valence-electron chi connectivity index (χ4n) is 4.61. The SMILES string of the molecule is Cc1cc(S(=O)(=O)NCc2ccccc2)cnc1-c1ccc(N(CC2=CCC=C2)C(=O)c2cc(Cl)c(O)cc2O)cc1. The molecule has 0 spiro atoms. The second-order valence-corrected chi connectivity index (χ2v) is 12.0. The van der Waals surface area contributed by atoms with Crippen molar-refractivity contribution in [2.75, 3.05) is 11.4 Å². The van der Waals surface area contributed by atoms with Crippen molar-refractivity contribution in [2.24, 2.45) is 0 Å². The molecule has 4 aromatic rings. The second-order valence-electron chi connectivity index (χ2n) is 9.82. The van der Waals surface area contributed by atoms with Crippen molar-refractivity contribution in [2.45, 2.75) is 24.8 Å². The number of aromatic hydroxyl groups is 2. The van der Waals surface area contributed by atoms with Crippen LogP contribution in [0.3, 0.4) is 0 Å². The van der Waals surface area contributed by atoms with E-state index < -0.39 is 15.9 Å². The van der Waals surface area contributed by atoms with Gasteiger partial charge < -0.3 is 15.1 Å². The number of nitrogens with zero attached hydrogens (tertiary/aromatic N) is 2. The van der Waals surface area contributed by atoms with E-state index in [1.165, 1.54) is 17.2 Å². The molecule has 5 rings (SSSR count). The number of pyridine rings is 1. The number of hydrogen-bond acceptors (Lipinski definition) is 6. The molecule has 10 heteroatoms. The third-order valence-corrected chi connectivity index (χ3v) is 8.53. The van der Waals surface area contributed by atoms with E-state index in [1.807, 2.05) is 48.6 Å². The highest BCUT2D eigenvalue weighted by molar-refractivity contribution is 7.89. The highest BCUT2D eigenvalue weighted by Crippen LogP contribution is 2.34. The van der Waals surface area contributed by atoms with Gasteiger partial charge in [0.2, 0.25) is 10.0 Å². The number of hydrogen-bond donors (Lipinski definition) is 3. The van der Waals surface area contributed by atoms with E-state index in [4.69, 9.17) is 11.6 Å². The van der Waals surface area contributed by atoms with Crippen LogP contribution in [0.25, 0.3) is 11.3 Å². The molecule has 0 fully saturated rings. The van der Waals surface area contributed by atoms with Gasteiger partial charge in [0.15, 0.2) is 0 Å². The molecule has 0 aliphatic heterocycles. The summed E-state index contributed by atoms with van der Waals surface area (Å²) >= 11 is 6.04. The molecule has 0 saturated carbocycles. The van der Waals surface area contributed by atoms with Crippen molar-refractivity contribution < 1.29 is 23.4 Å². The van der Waals surface area contributed by atoms with Gasteiger partial charge in [-0.05, 0) is 54.3 Å². The molecule has 0 bridgehead atoms. The topological polar surface area (TPSA) is 120 Å². The third-order valence-electron chi connectivity index (χ3n) is 6.85. The Balaban J connectivity index is 1.40. The summed E-state index contributed by atoms with van der Waals surface area (Å²) in [5, 5.41) is 20.2. The van der Waals surface area contributed by atoms with Gasteiger partial charge >= 0.3 is 0 Å². The molecule has 42 heavy (non-hydrogen) atoms. The first-order chi connectivity index (χ1) is 20.1. The van der Waals surface area contributed by atoms with Gasteiger partial charge in [0, 0.05) is 30.1 Å². The number of aromatic nitrogens is 1. The van der Waals surface area contributed by atoms with Gasteiger partial charge in [-0.25, -0.2) is 13.1 Å². The molecule has 8 nitrogen and oxygen atoms in total. The number of nitrogens with one attached hydrogen (secondary N) is 1. The molecule has 214 valence electrons. The standard InChI is InChI=1S/C32H28ClN3O5S/c1-21-15-26(42(40,41)35-18-22-7-3-2-4-8-22)19-34-31(21)24-11-13-25(14-12-24)36(20-23-9-5-6-10-23)32(39)27-16-28(33)30(38)17-29(27)37/h2-5,7-17,19,35,37-38H,6,18,20H2,1H3. The van der Waals surface area contributed by atoms with Crippen LogP contribution in [0.15, 0.2) is 108 Å². The lowest BCUT2D eigenvalue weighted by Crippen LogP contribution is -2.32. The van der Waals surface area contributed by atoms with Gasteiger partial charge in [-0.3, -0.25) is 9.78 Å². The fourth-order valence-corrected chi connectivity index (χ4v) is 5.82. The van der Waals surface area contributed by atoms with E-state index in [1.54, 1.807) is 37.3 Å². The van der Waals surface area contributed by atoms with Crippen LogP contribution >= 0.6 is 11.6 Å². The van der Waals surface area contributed by atoms with E-state index in [2.05, 4.69) is 9.71 Å². The van der Waals surface area contributed by atoms with Crippen LogP contribution in [0, 0.1) is 6.92 Å². The average molecular weight is 602 g/mol. The van der Waals surface area contributed by atoms with Crippen LogP contribution in [0.1, 0.15) is 27.9 Å². The first-order valence-electron chi connectivity index (χ1n) is 13.1. The first-order valence-corrected chi connectivity index (χ1v) is 15.0. The molecule has 0 saturated heterocycles. The lowest BCUT2D eigenvalue weighted by Gasteiger charge is -2.24. The summed E-state index contributed by atoms with van der Waals surface area (Å²) in [7, 11) is -3.77. The summed E-state index contributed by atoms with van der Waals surface area (Å²) in [6, 6.07) is 20.2. The molecule has 1 aliphatic rings. The Kier molecular flexibility index (Phi) is 8.44. The molecule has 1 aromatic heterocycles. The fraction of sp³-hybridized carbons (Fsp3) is 0.125. The maximum absolute atomic E-state index is 13.6. The number of phenolic OH excluding ortho intramolecular Hbond substituents is 2. The summed E-state index contributed by atoms with van der Waals surface area (Å²) in [5.41, 5.74) is 4.32. The summed E-state index contributed by atoms with van der Waals surface area (Å²) in [4.78, 5) is 19.6. The van der Waals surface area contributed by atoms with E-state index in [-0.39, 0.29) is 40.1 Å². The summed E-state index contributed by atoms with van der Waals surface area (Å²) in [6.45, 7) is 2.21. The molecule has 3 N–H and O–H groups in total. The molecule has 0 unspecified atom stereocenters. The second kappa shape index (κ2) is 12.2. The Hall–Kier alpha value is -4.44. The molecule has 0 radical (unpaired) electrons. The normalized spacial score (nSPS) is 12.8. The Morgan fingerprint density at radius 3 is 2.43 bits per heavy atom. The minimum Gasteiger partial charge on any atom is -0.507 e. The van der Waals surface area contributed by atoms with E-state index in [0.717, 1.165) is 29.2 Å². The average Bonchev–Trinajstić information content (AvgIpc) is 3.51. The smallest absolute Gasteiger partial charge is 0.262 e. The van der Waals surface area contributed by atoms with Crippen molar-refractivity contribution in [1.82, 2.24) is 9.71 Å². The predicted molar refractivity (Wildman–Crippen MR) is 163 cm³/mol. The summed E-state index contributed by atoms with van der Waals surface area (Å²) in [5.74, 6) is -1.19. The zero-order valence-electron chi connectivity index (χ0n) is 22.7. The number of aryl methyl sites for hydroxylation is 1. The lowest BCUT2D eigenvalue weighted by molar-refractivity contribution is 0.0986. The zero-order chi connectivity index (χ0) is 29.9.